The highest BCUT2D eigenvalue weighted by Crippen LogP contribution is 2.38. The van der Waals surface area contributed by atoms with Crippen LogP contribution < -0.4 is 0 Å². The molecule has 14 heavy (non-hydrogen) atoms. The Morgan fingerprint density at radius 3 is 2.36 bits per heavy atom. The quantitative estimate of drug-likeness (QED) is 0.792. The van der Waals surface area contributed by atoms with Gasteiger partial charge in [-0.25, -0.2) is 4.39 Å². The van der Waals surface area contributed by atoms with Crippen LogP contribution in [-0.2, 0) is 0 Å². The molecule has 0 bridgehead atoms. The lowest BCUT2D eigenvalue weighted by Crippen LogP contribution is -2.20. The molecule has 0 heterocycles. The Balaban J connectivity index is 3.19. The fourth-order valence-corrected chi connectivity index (χ4v) is 1.31. The Hall–Kier alpha value is -0.450. The zero-order valence-electron chi connectivity index (χ0n) is 6.65. The number of benzene rings is 1. The van der Waals surface area contributed by atoms with E-state index in [0.717, 1.165) is 6.07 Å². The van der Waals surface area contributed by atoms with Crippen LogP contribution in [0.3, 0.4) is 0 Å². The van der Waals surface area contributed by atoms with E-state index in [0.29, 0.717) is 0 Å². The van der Waals surface area contributed by atoms with Crippen molar-refractivity contribution < 1.29 is 18.3 Å². The molecule has 0 aromatic heterocycles. The van der Waals surface area contributed by atoms with Gasteiger partial charge in [0.15, 0.2) is 6.10 Å². The predicted octanol–water partition coefficient (Wildman–Crippen LogP) is 3.34. The lowest BCUT2D eigenvalue weighted by molar-refractivity contribution is -0.0440. The van der Waals surface area contributed by atoms with E-state index in [1.54, 1.807) is 0 Å². The molecule has 0 fully saturated rings. The van der Waals surface area contributed by atoms with Gasteiger partial charge < -0.3 is 5.11 Å². The fourth-order valence-electron chi connectivity index (χ4n) is 0.936. The second-order valence-electron chi connectivity index (χ2n) is 2.58. The second-order valence-corrected chi connectivity index (χ2v) is 3.49. The molecule has 0 aliphatic rings. The summed E-state index contributed by atoms with van der Waals surface area (Å²) in [7, 11) is 0. The van der Waals surface area contributed by atoms with Crippen molar-refractivity contribution in [1.82, 2.24) is 0 Å². The molecule has 0 radical (unpaired) electrons. The maximum absolute atomic E-state index is 13.0. The van der Waals surface area contributed by atoms with Crippen LogP contribution >= 0.6 is 23.2 Å². The van der Waals surface area contributed by atoms with Crippen molar-refractivity contribution in [1.29, 1.82) is 0 Å². The van der Waals surface area contributed by atoms with E-state index in [9.17, 15) is 13.2 Å². The van der Waals surface area contributed by atoms with E-state index in [-0.39, 0.29) is 5.02 Å². The smallest absolute Gasteiger partial charge is 0.351 e. The molecule has 0 amide bonds. The molecule has 0 saturated carbocycles. The van der Waals surface area contributed by atoms with E-state index in [4.69, 9.17) is 16.7 Å². The molecule has 0 saturated heterocycles. The van der Waals surface area contributed by atoms with Gasteiger partial charge in [-0.2, -0.15) is 8.78 Å². The normalized spacial score (nSPS) is 14.1. The van der Waals surface area contributed by atoms with Gasteiger partial charge in [0, 0.05) is 10.6 Å². The third kappa shape index (κ3) is 2.32. The van der Waals surface area contributed by atoms with Crippen molar-refractivity contribution in [2.45, 2.75) is 11.5 Å². The first-order valence-electron chi connectivity index (χ1n) is 3.52. The average molecular weight is 245 g/mol. The van der Waals surface area contributed by atoms with Crippen LogP contribution in [0.2, 0.25) is 5.02 Å². The minimum Gasteiger partial charge on any atom is -0.381 e. The highest BCUT2D eigenvalue weighted by molar-refractivity contribution is 6.31. The summed E-state index contributed by atoms with van der Waals surface area (Å²) in [5.41, 5.74) is -0.700. The van der Waals surface area contributed by atoms with Gasteiger partial charge in [0.05, 0.1) is 0 Å². The number of hydrogen-bond acceptors (Lipinski definition) is 1. The third-order valence-electron chi connectivity index (χ3n) is 1.58. The van der Waals surface area contributed by atoms with Crippen molar-refractivity contribution in [3.63, 3.8) is 0 Å². The molecule has 78 valence electrons. The van der Waals surface area contributed by atoms with Gasteiger partial charge in [-0.15, -0.1) is 0 Å². The molecule has 1 atom stereocenters. The Bertz CT molecular complexity index is 318. The maximum Gasteiger partial charge on any atom is 0.351 e. The predicted molar refractivity (Wildman–Crippen MR) is 47.2 cm³/mol. The molecule has 1 aromatic carbocycles. The van der Waals surface area contributed by atoms with Gasteiger partial charge in [0.1, 0.15) is 5.82 Å². The van der Waals surface area contributed by atoms with Crippen LogP contribution in [0.4, 0.5) is 13.2 Å². The Labute approximate surface area is 88.1 Å². The summed E-state index contributed by atoms with van der Waals surface area (Å²) >= 11 is 9.99. The van der Waals surface area contributed by atoms with Gasteiger partial charge in [-0.05, 0) is 23.7 Å². The summed E-state index contributed by atoms with van der Waals surface area (Å²) in [4.78, 5) is 0. The van der Waals surface area contributed by atoms with Gasteiger partial charge >= 0.3 is 5.38 Å². The molecule has 1 N–H and O–H groups in total. The summed E-state index contributed by atoms with van der Waals surface area (Å²) in [6.07, 6.45) is -2.46. The monoisotopic (exact) mass is 244 g/mol. The molecular weight excluding hydrogens is 240 g/mol. The highest BCUT2D eigenvalue weighted by Gasteiger charge is 2.39. The first-order valence-corrected chi connectivity index (χ1v) is 4.28. The highest BCUT2D eigenvalue weighted by atomic mass is 35.5. The molecule has 1 aromatic rings. The van der Waals surface area contributed by atoms with Crippen LogP contribution in [-0.4, -0.2) is 10.5 Å². The number of rotatable bonds is 2. The van der Waals surface area contributed by atoms with Crippen molar-refractivity contribution >= 4 is 23.2 Å². The number of aliphatic hydroxyl groups is 1. The van der Waals surface area contributed by atoms with Crippen LogP contribution in [0.25, 0.3) is 0 Å². The summed E-state index contributed by atoms with van der Waals surface area (Å²) in [5.74, 6) is -1.02. The van der Waals surface area contributed by atoms with Crippen LogP contribution in [0.15, 0.2) is 18.2 Å². The fraction of sp³-hybridized carbons (Fsp3) is 0.250. The van der Waals surface area contributed by atoms with E-state index in [2.05, 4.69) is 11.6 Å². The van der Waals surface area contributed by atoms with Gasteiger partial charge in [0.2, 0.25) is 0 Å². The molecule has 0 spiro atoms. The molecular formula is C8H5Cl2F3O. The Kier molecular flexibility index (Phi) is 3.29. The van der Waals surface area contributed by atoms with E-state index in [1.165, 1.54) is 12.1 Å². The summed E-state index contributed by atoms with van der Waals surface area (Å²) < 4.78 is 37.9. The Morgan fingerprint density at radius 1 is 1.36 bits per heavy atom. The second kappa shape index (κ2) is 3.96. The third-order valence-corrected chi connectivity index (χ3v) is 2.12. The number of aliphatic hydroxyl groups excluding tert-OH is 1. The number of alkyl halides is 3. The molecule has 0 aliphatic heterocycles. The Morgan fingerprint density at radius 2 is 1.93 bits per heavy atom. The topological polar surface area (TPSA) is 20.2 Å². The van der Waals surface area contributed by atoms with Crippen molar-refractivity contribution in [3.05, 3.63) is 34.6 Å². The molecule has 1 rings (SSSR count). The largest absolute Gasteiger partial charge is 0.381 e. The summed E-state index contributed by atoms with van der Waals surface area (Å²) in [6, 6.07) is 3.33. The first-order chi connectivity index (χ1) is 6.34. The number of halogens is 5. The van der Waals surface area contributed by atoms with Crippen LogP contribution in [0.5, 0.6) is 0 Å². The van der Waals surface area contributed by atoms with E-state index >= 15 is 0 Å². The lowest BCUT2D eigenvalue weighted by atomic mass is 10.1. The van der Waals surface area contributed by atoms with Crippen molar-refractivity contribution in [2.75, 3.05) is 0 Å². The van der Waals surface area contributed by atoms with Gasteiger partial charge in [-0.1, -0.05) is 17.7 Å². The van der Waals surface area contributed by atoms with Gasteiger partial charge in [-0.3, -0.25) is 0 Å². The molecule has 1 nitrogen and oxygen atoms in total. The van der Waals surface area contributed by atoms with E-state index < -0.39 is 22.9 Å². The number of hydrogen-bond donors (Lipinski definition) is 1. The van der Waals surface area contributed by atoms with Gasteiger partial charge in [0.25, 0.3) is 0 Å². The van der Waals surface area contributed by atoms with Crippen molar-refractivity contribution in [3.8, 4) is 0 Å². The minimum atomic E-state index is -3.95. The van der Waals surface area contributed by atoms with Crippen LogP contribution in [0.1, 0.15) is 11.7 Å². The SMILES string of the molecule is OC(c1c(F)cccc1Cl)C(F)(F)Cl. The lowest BCUT2D eigenvalue weighted by Gasteiger charge is -2.17. The first kappa shape index (κ1) is 11.6. The van der Waals surface area contributed by atoms with Crippen molar-refractivity contribution in [2.24, 2.45) is 0 Å². The minimum absolute atomic E-state index is 0.294. The zero-order chi connectivity index (χ0) is 10.9. The average Bonchev–Trinajstić information content (AvgIpc) is 2.01. The summed E-state index contributed by atoms with van der Waals surface area (Å²) in [5, 5.41) is 4.77. The zero-order valence-corrected chi connectivity index (χ0v) is 8.16. The standard InChI is InChI=1S/C8H5Cl2F3O/c9-4-2-1-3-5(11)6(4)7(14)8(10,12)13/h1-3,7,14H. The maximum atomic E-state index is 13.0. The molecule has 6 heteroatoms. The molecule has 0 aliphatic carbocycles. The van der Waals surface area contributed by atoms with Crippen LogP contribution in [0, 0.1) is 5.82 Å². The molecule has 1 unspecified atom stereocenters. The van der Waals surface area contributed by atoms with E-state index in [1.807, 2.05) is 0 Å². The summed E-state index contributed by atoms with van der Waals surface area (Å²) in [6.45, 7) is 0.